The van der Waals surface area contributed by atoms with Crippen LogP contribution in [0, 0.1) is 6.08 Å². The van der Waals surface area contributed by atoms with Crippen molar-refractivity contribution in [3.63, 3.8) is 0 Å². The van der Waals surface area contributed by atoms with Crippen LogP contribution in [0.3, 0.4) is 0 Å². The molecular formula is C8H7NNa2O. The van der Waals surface area contributed by atoms with Crippen LogP contribution in [0.25, 0.3) is 0 Å². The van der Waals surface area contributed by atoms with Gasteiger partial charge in [0.1, 0.15) is 0 Å². The van der Waals surface area contributed by atoms with Crippen molar-refractivity contribution < 1.29 is 64.2 Å². The van der Waals surface area contributed by atoms with E-state index >= 15 is 0 Å². The molecule has 0 heterocycles. The molecular weight excluding hydrogens is 172 g/mol. The van der Waals surface area contributed by atoms with Crippen molar-refractivity contribution in [3.8, 4) is 0 Å². The fraction of sp³-hybridized carbons (Fsp3) is 0. The van der Waals surface area contributed by atoms with Crippen LogP contribution in [0.15, 0.2) is 36.2 Å². The number of nitrogens with two attached hydrogens (primary N) is 1. The van der Waals surface area contributed by atoms with Gasteiger partial charge in [-0.1, -0.05) is 6.07 Å². The van der Waals surface area contributed by atoms with Crippen LogP contribution in [0.2, 0.25) is 0 Å². The van der Waals surface area contributed by atoms with E-state index in [9.17, 15) is 5.11 Å². The molecule has 0 saturated heterocycles. The third-order valence-corrected chi connectivity index (χ3v) is 1.04. The molecule has 0 aliphatic rings. The average Bonchev–Trinajstić information content (AvgIpc) is 1.88. The minimum Gasteiger partial charge on any atom is -0.870 e. The van der Waals surface area contributed by atoms with E-state index in [1.54, 1.807) is 12.1 Å². The SMILES string of the molecule is NC([O-])=[C-]c1ccccc1.[Na+].[Na+]. The fourth-order valence-electron chi connectivity index (χ4n) is 0.664. The first-order valence-corrected chi connectivity index (χ1v) is 2.90. The molecule has 0 spiro atoms. The maximum absolute atomic E-state index is 10.3. The first-order chi connectivity index (χ1) is 4.79. The Hall–Kier alpha value is 0.560. The zero-order chi connectivity index (χ0) is 7.40. The molecule has 0 saturated carbocycles. The molecule has 1 aromatic carbocycles. The maximum atomic E-state index is 10.3. The first-order valence-electron chi connectivity index (χ1n) is 2.90. The summed E-state index contributed by atoms with van der Waals surface area (Å²) in [7, 11) is 0. The molecule has 0 aliphatic carbocycles. The number of benzene rings is 1. The molecule has 0 aromatic heterocycles. The molecule has 0 bridgehead atoms. The number of hydrogen-bond acceptors (Lipinski definition) is 2. The van der Waals surface area contributed by atoms with E-state index in [2.05, 4.69) is 6.08 Å². The van der Waals surface area contributed by atoms with Crippen LogP contribution in [0.1, 0.15) is 5.56 Å². The zero-order valence-electron chi connectivity index (χ0n) is 7.37. The van der Waals surface area contributed by atoms with Crippen molar-refractivity contribution in [2.24, 2.45) is 5.73 Å². The summed E-state index contributed by atoms with van der Waals surface area (Å²) >= 11 is 0. The Balaban J connectivity index is 0. The van der Waals surface area contributed by atoms with Crippen LogP contribution < -0.4 is 70.0 Å². The van der Waals surface area contributed by atoms with Crippen molar-refractivity contribution in [1.29, 1.82) is 0 Å². The van der Waals surface area contributed by atoms with Gasteiger partial charge in [-0.25, -0.2) is 0 Å². The van der Waals surface area contributed by atoms with Gasteiger partial charge < -0.3 is 10.8 Å². The second kappa shape index (κ2) is 8.17. The summed E-state index contributed by atoms with van der Waals surface area (Å²) in [6.07, 6.45) is 2.44. The van der Waals surface area contributed by atoms with Gasteiger partial charge in [0.25, 0.3) is 0 Å². The molecule has 1 aromatic rings. The van der Waals surface area contributed by atoms with E-state index in [0.717, 1.165) is 5.56 Å². The summed E-state index contributed by atoms with van der Waals surface area (Å²) in [5.74, 6) is -0.536. The molecule has 0 fully saturated rings. The smallest absolute Gasteiger partial charge is 0.870 e. The normalized spacial score (nSPS) is 9.50. The van der Waals surface area contributed by atoms with E-state index in [-0.39, 0.29) is 59.1 Å². The third-order valence-electron chi connectivity index (χ3n) is 1.04. The van der Waals surface area contributed by atoms with E-state index in [1.807, 2.05) is 18.2 Å². The zero-order valence-corrected chi connectivity index (χ0v) is 11.4. The Morgan fingerprint density at radius 2 is 1.67 bits per heavy atom. The van der Waals surface area contributed by atoms with Gasteiger partial charge in [-0.2, -0.15) is 23.8 Å². The predicted molar refractivity (Wildman–Crippen MR) is 36.5 cm³/mol. The summed E-state index contributed by atoms with van der Waals surface area (Å²) in [6, 6.07) is 9.05. The van der Waals surface area contributed by atoms with Gasteiger partial charge in [0.05, 0.1) is 0 Å². The van der Waals surface area contributed by atoms with Crippen molar-refractivity contribution in [2.45, 2.75) is 0 Å². The van der Waals surface area contributed by atoms with Gasteiger partial charge in [-0.3, -0.25) is 0 Å². The van der Waals surface area contributed by atoms with E-state index in [1.165, 1.54) is 0 Å². The van der Waals surface area contributed by atoms with Crippen molar-refractivity contribution >= 4 is 0 Å². The minimum absolute atomic E-state index is 0. The van der Waals surface area contributed by atoms with Crippen LogP contribution in [0.5, 0.6) is 0 Å². The summed E-state index contributed by atoms with van der Waals surface area (Å²) < 4.78 is 0. The molecule has 0 radical (unpaired) electrons. The molecule has 2 nitrogen and oxygen atoms in total. The molecule has 52 valence electrons. The first kappa shape index (κ1) is 15.1. The molecule has 1 rings (SSSR count). The predicted octanol–water partition coefficient (Wildman–Crippen LogP) is -5.99. The van der Waals surface area contributed by atoms with Crippen molar-refractivity contribution in [1.82, 2.24) is 0 Å². The summed E-state index contributed by atoms with van der Waals surface area (Å²) in [5, 5.41) is 10.3. The number of rotatable bonds is 1. The fourth-order valence-corrected chi connectivity index (χ4v) is 0.664. The van der Waals surface area contributed by atoms with Gasteiger partial charge in [0, 0.05) is 0 Å². The average molecular weight is 179 g/mol. The minimum atomic E-state index is -0.536. The van der Waals surface area contributed by atoms with Gasteiger partial charge in [0.2, 0.25) is 0 Å². The molecule has 0 atom stereocenters. The third kappa shape index (κ3) is 6.12. The Morgan fingerprint density at radius 3 is 2.08 bits per heavy atom. The van der Waals surface area contributed by atoms with Crippen molar-refractivity contribution in [3.05, 3.63) is 47.9 Å². The largest absolute Gasteiger partial charge is 1.00 e. The van der Waals surface area contributed by atoms with Crippen LogP contribution >= 0.6 is 0 Å². The van der Waals surface area contributed by atoms with E-state index < -0.39 is 5.88 Å². The molecule has 0 aliphatic heterocycles. The summed E-state index contributed by atoms with van der Waals surface area (Å²) in [4.78, 5) is 0. The van der Waals surface area contributed by atoms with Gasteiger partial charge >= 0.3 is 59.1 Å². The monoisotopic (exact) mass is 179 g/mol. The second-order valence-electron chi connectivity index (χ2n) is 1.86. The Morgan fingerprint density at radius 1 is 1.17 bits per heavy atom. The maximum Gasteiger partial charge on any atom is 1.00 e. The second-order valence-corrected chi connectivity index (χ2v) is 1.86. The molecule has 0 amide bonds. The van der Waals surface area contributed by atoms with E-state index in [4.69, 9.17) is 5.73 Å². The van der Waals surface area contributed by atoms with Gasteiger partial charge in [0.15, 0.2) is 0 Å². The Bertz CT molecular complexity index is 232. The van der Waals surface area contributed by atoms with Crippen LogP contribution in [-0.4, -0.2) is 0 Å². The molecule has 12 heavy (non-hydrogen) atoms. The number of hydrogen-bond donors (Lipinski definition) is 1. The Labute approximate surface area is 116 Å². The summed E-state index contributed by atoms with van der Waals surface area (Å²) in [5.41, 5.74) is 5.59. The van der Waals surface area contributed by atoms with Gasteiger partial charge in [-0.15, -0.1) is 18.0 Å². The molecule has 4 heteroatoms. The van der Waals surface area contributed by atoms with Crippen LogP contribution in [0.4, 0.5) is 0 Å². The van der Waals surface area contributed by atoms with E-state index in [0.29, 0.717) is 0 Å². The topological polar surface area (TPSA) is 49.1 Å². The summed E-state index contributed by atoms with van der Waals surface area (Å²) in [6.45, 7) is 0. The Kier molecular flexibility index (Phi) is 10.2. The van der Waals surface area contributed by atoms with Gasteiger partial charge in [-0.05, 0) is 0 Å². The molecule has 2 N–H and O–H groups in total. The quantitative estimate of drug-likeness (QED) is 0.265. The molecule has 0 unspecified atom stereocenters. The van der Waals surface area contributed by atoms with Crippen LogP contribution in [-0.2, 0) is 0 Å². The standard InChI is InChI=1S/C8H8NO.2Na/c9-8(10)6-7-4-2-1-3-5-7;;/h1-5,10H,9H2;;/q-1;2*+1/p-1. The van der Waals surface area contributed by atoms with Crippen molar-refractivity contribution in [2.75, 3.05) is 0 Å².